The second-order valence-corrected chi connectivity index (χ2v) is 8.75. The molecule has 1 saturated carbocycles. The largest absolute Gasteiger partial charge is 0.480 e. The van der Waals surface area contributed by atoms with E-state index in [1.165, 1.54) is 6.07 Å². The molecule has 7 heteroatoms. The van der Waals surface area contributed by atoms with Crippen LogP contribution in [0.5, 0.6) is 0 Å². The van der Waals surface area contributed by atoms with E-state index in [0.29, 0.717) is 36.2 Å². The topological polar surface area (TPSA) is 64.4 Å². The third-order valence-corrected chi connectivity index (χ3v) is 6.45. The number of aliphatic carboxylic acids is 1. The molecular weight excluding hydrogens is 426 g/mol. The summed E-state index contributed by atoms with van der Waals surface area (Å²) in [7, 11) is 0. The first-order chi connectivity index (χ1) is 15.9. The quantitative estimate of drug-likeness (QED) is 0.473. The number of benzene rings is 2. The fourth-order valence-corrected chi connectivity index (χ4v) is 4.68. The maximum atomic E-state index is 14.8. The molecule has 0 unspecified atom stereocenters. The van der Waals surface area contributed by atoms with Gasteiger partial charge in [0.1, 0.15) is 12.3 Å². The molecule has 33 heavy (non-hydrogen) atoms. The zero-order valence-corrected chi connectivity index (χ0v) is 18.6. The molecule has 0 spiro atoms. The van der Waals surface area contributed by atoms with Crippen molar-refractivity contribution < 1.29 is 23.4 Å². The van der Waals surface area contributed by atoms with E-state index in [2.05, 4.69) is 0 Å². The Kier molecular flexibility index (Phi) is 7.18. The van der Waals surface area contributed by atoms with Gasteiger partial charge in [-0.15, -0.1) is 0 Å². The minimum atomic E-state index is -0.947. The molecule has 1 aliphatic carbocycles. The van der Waals surface area contributed by atoms with Gasteiger partial charge in [-0.1, -0.05) is 42.5 Å². The maximum absolute atomic E-state index is 14.8. The monoisotopic (exact) mass is 454 g/mol. The average molecular weight is 455 g/mol. The number of hydrogen-bond acceptors (Lipinski definition) is 3. The molecular formula is C26H28F2N2O3. The normalized spacial score (nSPS) is 18.4. The van der Waals surface area contributed by atoms with Crippen molar-refractivity contribution in [1.29, 1.82) is 0 Å². The van der Waals surface area contributed by atoms with Crippen LogP contribution >= 0.6 is 0 Å². The first-order valence-electron chi connectivity index (χ1n) is 11.3. The third kappa shape index (κ3) is 5.30. The summed E-state index contributed by atoms with van der Waals surface area (Å²) in [5.74, 6) is -1.90. The third-order valence-electron chi connectivity index (χ3n) is 6.45. The highest BCUT2D eigenvalue weighted by Crippen LogP contribution is 2.37. The van der Waals surface area contributed by atoms with Crippen molar-refractivity contribution in [2.45, 2.75) is 39.2 Å². The predicted molar refractivity (Wildman–Crippen MR) is 122 cm³/mol. The number of halogens is 2. The smallest absolute Gasteiger partial charge is 0.329 e. The molecule has 0 aliphatic heterocycles. The van der Waals surface area contributed by atoms with Gasteiger partial charge in [0.25, 0.3) is 0 Å². The average Bonchev–Trinajstić information content (AvgIpc) is 3.13. The number of carbonyl (C=O) groups is 1. The van der Waals surface area contributed by atoms with Gasteiger partial charge in [-0.3, -0.25) is 4.68 Å². The summed E-state index contributed by atoms with van der Waals surface area (Å²) in [6, 6.07) is 13.8. The Balaban J connectivity index is 1.56. The molecule has 1 N–H and O–H groups in total. The fourth-order valence-electron chi connectivity index (χ4n) is 4.68. The number of nitrogens with zero attached hydrogens (tertiary/aromatic N) is 2. The summed E-state index contributed by atoms with van der Waals surface area (Å²) in [6.45, 7) is 2.82. The van der Waals surface area contributed by atoms with Crippen LogP contribution in [0.2, 0.25) is 0 Å². The van der Waals surface area contributed by atoms with E-state index in [-0.39, 0.29) is 12.2 Å². The molecule has 0 atom stereocenters. The van der Waals surface area contributed by atoms with Gasteiger partial charge in [-0.2, -0.15) is 5.10 Å². The maximum Gasteiger partial charge on any atom is 0.329 e. The molecule has 0 bridgehead atoms. The van der Waals surface area contributed by atoms with Crippen LogP contribution in [0.4, 0.5) is 8.78 Å². The van der Waals surface area contributed by atoms with E-state index in [0.717, 1.165) is 43.0 Å². The Morgan fingerprint density at radius 3 is 2.45 bits per heavy atom. The van der Waals surface area contributed by atoms with Crippen molar-refractivity contribution in [1.82, 2.24) is 9.78 Å². The summed E-state index contributed by atoms with van der Waals surface area (Å²) in [6.07, 6.45) is 3.93. The second-order valence-electron chi connectivity index (χ2n) is 8.75. The molecule has 0 radical (unpaired) electrons. The molecule has 2 aromatic carbocycles. The minimum absolute atomic E-state index is 0.219. The SMILES string of the molecule is Cc1c(-c2cccc(F)c2F)c(-c2ccccc2)nn1CC1CCC(COCC(=O)O)CC1. The van der Waals surface area contributed by atoms with E-state index in [1.807, 2.05) is 41.9 Å². The molecule has 174 valence electrons. The summed E-state index contributed by atoms with van der Waals surface area (Å²) >= 11 is 0. The van der Waals surface area contributed by atoms with Crippen LogP contribution < -0.4 is 0 Å². The Labute approximate surface area is 192 Å². The van der Waals surface area contributed by atoms with E-state index in [1.54, 1.807) is 6.07 Å². The van der Waals surface area contributed by atoms with E-state index >= 15 is 0 Å². The first kappa shape index (κ1) is 23.1. The lowest BCUT2D eigenvalue weighted by atomic mass is 9.82. The van der Waals surface area contributed by atoms with Crippen LogP contribution in [0.3, 0.4) is 0 Å². The first-order valence-corrected chi connectivity index (χ1v) is 11.3. The van der Waals surface area contributed by atoms with Gasteiger partial charge in [0.2, 0.25) is 0 Å². The van der Waals surface area contributed by atoms with E-state index in [9.17, 15) is 13.6 Å². The Hall–Kier alpha value is -3.06. The van der Waals surface area contributed by atoms with Crippen molar-refractivity contribution in [3.63, 3.8) is 0 Å². The summed E-state index contributed by atoms with van der Waals surface area (Å²) < 4.78 is 36.0. The van der Waals surface area contributed by atoms with Crippen LogP contribution in [0.15, 0.2) is 48.5 Å². The summed E-state index contributed by atoms with van der Waals surface area (Å²) in [5.41, 5.74) is 3.15. The lowest BCUT2D eigenvalue weighted by Crippen LogP contribution is -2.23. The van der Waals surface area contributed by atoms with Gasteiger partial charge in [0.05, 0.1) is 6.61 Å². The molecule has 5 nitrogen and oxygen atoms in total. The molecule has 1 aromatic heterocycles. The number of aromatic nitrogens is 2. The van der Waals surface area contributed by atoms with E-state index in [4.69, 9.17) is 14.9 Å². The number of carboxylic acid groups (broad SMARTS) is 1. The zero-order valence-electron chi connectivity index (χ0n) is 18.6. The van der Waals surface area contributed by atoms with Gasteiger partial charge >= 0.3 is 5.97 Å². The summed E-state index contributed by atoms with van der Waals surface area (Å²) in [4.78, 5) is 10.6. The molecule has 3 aromatic rings. The zero-order chi connectivity index (χ0) is 23.4. The number of ether oxygens (including phenoxy) is 1. The van der Waals surface area contributed by atoms with Crippen LogP contribution in [0.25, 0.3) is 22.4 Å². The number of carboxylic acids is 1. The van der Waals surface area contributed by atoms with Crippen LogP contribution in [-0.2, 0) is 16.1 Å². The molecule has 0 saturated heterocycles. The summed E-state index contributed by atoms with van der Waals surface area (Å²) in [5, 5.41) is 13.6. The molecule has 1 heterocycles. The Morgan fingerprint density at radius 2 is 1.76 bits per heavy atom. The van der Waals surface area contributed by atoms with Crippen LogP contribution in [0, 0.1) is 30.4 Å². The van der Waals surface area contributed by atoms with Gasteiger partial charge < -0.3 is 9.84 Å². The predicted octanol–water partition coefficient (Wildman–Crippen LogP) is 5.71. The van der Waals surface area contributed by atoms with Gasteiger partial charge in [-0.05, 0) is 50.5 Å². The Morgan fingerprint density at radius 1 is 1.06 bits per heavy atom. The molecule has 1 aliphatic rings. The minimum Gasteiger partial charge on any atom is -0.480 e. The second kappa shape index (κ2) is 10.3. The highest BCUT2D eigenvalue weighted by atomic mass is 19.2. The van der Waals surface area contributed by atoms with Crippen molar-refractivity contribution in [3.05, 3.63) is 65.9 Å². The van der Waals surface area contributed by atoms with Crippen molar-refractivity contribution in [2.75, 3.05) is 13.2 Å². The van der Waals surface area contributed by atoms with Gasteiger partial charge in [0, 0.05) is 28.9 Å². The number of rotatable bonds is 8. The standard InChI is InChI=1S/C26H28F2N2O3/c1-17-24(21-8-5-9-22(27)25(21)28)26(20-6-3-2-4-7-20)29-30(17)14-18-10-12-19(13-11-18)15-33-16-23(31)32/h2-9,18-19H,10-16H2,1H3,(H,31,32). The molecule has 4 rings (SSSR count). The fraction of sp³-hybridized carbons (Fsp3) is 0.385. The highest BCUT2D eigenvalue weighted by molar-refractivity contribution is 5.83. The van der Waals surface area contributed by atoms with Crippen LogP contribution in [-0.4, -0.2) is 34.1 Å². The van der Waals surface area contributed by atoms with Crippen molar-refractivity contribution in [2.24, 2.45) is 11.8 Å². The van der Waals surface area contributed by atoms with Crippen LogP contribution in [0.1, 0.15) is 31.4 Å². The lowest BCUT2D eigenvalue weighted by molar-refractivity contribution is -0.142. The van der Waals surface area contributed by atoms with Crippen molar-refractivity contribution >= 4 is 5.97 Å². The van der Waals surface area contributed by atoms with Gasteiger partial charge in [-0.25, -0.2) is 13.6 Å². The lowest BCUT2D eigenvalue weighted by Gasteiger charge is -2.28. The Bertz CT molecular complexity index is 1110. The highest BCUT2D eigenvalue weighted by Gasteiger charge is 2.26. The molecule has 1 fully saturated rings. The molecule has 0 amide bonds. The number of hydrogen-bond donors (Lipinski definition) is 1. The van der Waals surface area contributed by atoms with Gasteiger partial charge in [0.15, 0.2) is 11.6 Å². The van der Waals surface area contributed by atoms with Crippen molar-refractivity contribution in [3.8, 4) is 22.4 Å². The van der Waals surface area contributed by atoms with E-state index < -0.39 is 17.6 Å².